The van der Waals surface area contributed by atoms with E-state index in [2.05, 4.69) is 23.3 Å². The molecule has 8 heteroatoms. The third-order valence-corrected chi connectivity index (χ3v) is 5.33. The lowest BCUT2D eigenvalue weighted by Gasteiger charge is -2.32. The maximum Gasteiger partial charge on any atom is 0.338 e. The third-order valence-electron chi connectivity index (χ3n) is 5.33. The molecule has 0 fully saturated rings. The molecule has 0 spiro atoms. The molecule has 1 unspecified atom stereocenters. The summed E-state index contributed by atoms with van der Waals surface area (Å²) in [5.41, 5.74) is 3.03. The molecule has 1 aliphatic heterocycles. The van der Waals surface area contributed by atoms with Crippen LogP contribution in [0.2, 0.25) is 0 Å². The molecular formula is C26H28N4O4. The quantitative estimate of drug-likeness (QED) is 0.416. The standard InChI is InChI=1S/C26H28N4O4/c1-4-13-30(16-19-8-6-7-18(14-19)15-27)17-22-23(25(31)34-5-2)24(29-26(32)28-22)20-9-11-21(33-3)12-10-20/h4,6-12,14,24H,1,5,13,16-17H2,2-3H3,(H2,28,29,32). The summed E-state index contributed by atoms with van der Waals surface area (Å²) in [5, 5.41) is 14.8. The van der Waals surface area contributed by atoms with E-state index in [1.54, 1.807) is 50.4 Å². The van der Waals surface area contributed by atoms with Crippen molar-refractivity contribution in [2.24, 2.45) is 0 Å². The minimum absolute atomic E-state index is 0.205. The molecule has 8 nitrogen and oxygen atoms in total. The minimum Gasteiger partial charge on any atom is -0.497 e. The summed E-state index contributed by atoms with van der Waals surface area (Å²) in [6, 6.07) is 15.5. The fourth-order valence-electron chi connectivity index (χ4n) is 3.83. The smallest absolute Gasteiger partial charge is 0.338 e. The molecule has 2 aromatic rings. The van der Waals surface area contributed by atoms with Crippen LogP contribution in [-0.4, -0.2) is 43.7 Å². The second-order valence-electron chi connectivity index (χ2n) is 7.69. The topological polar surface area (TPSA) is 104 Å². The van der Waals surface area contributed by atoms with Crippen molar-refractivity contribution in [1.82, 2.24) is 15.5 Å². The highest BCUT2D eigenvalue weighted by molar-refractivity contribution is 5.95. The summed E-state index contributed by atoms with van der Waals surface area (Å²) in [5.74, 6) is 0.165. The van der Waals surface area contributed by atoms with Crippen molar-refractivity contribution in [3.05, 3.63) is 89.1 Å². The molecule has 0 aliphatic carbocycles. The molecule has 0 radical (unpaired) electrons. The number of carbonyl (C=O) groups is 2. The van der Waals surface area contributed by atoms with Crippen LogP contribution in [-0.2, 0) is 16.1 Å². The number of urea groups is 1. The van der Waals surface area contributed by atoms with Gasteiger partial charge in [-0.2, -0.15) is 5.26 Å². The van der Waals surface area contributed by atoms with E-state index >= 15 is 0 Å². The Morgan fingerprint density at radius 2 is 2.00 bits per heavy atom. The molecular weight excluding hydrogens is 432 g/mol. The number of nitrogens with one attached hydrogen (secondary N) is 2. The van der Waals surface area contributed by atoms with Gasteiger partial charge in [0, 0.05) is 25.3 Å². The maximum atomic E-state index is 13.0. The molecule has 0 saturated heterocycles. The lowest BCUT2D eigenvalue weighted by molar-refractivity contribution is -0.139. The Hall–Kier alpha value is -4.09. The van der Waals surface area contributed by atoms with Gasteiger partial charge >= 0.3 is 12.0 Å². The van der Waals surface area contributed by atoms with Gasteiger partial charge in [0.1, 0.15) is 5.75 Å². The van der Waals surface area contributed by atoms with Crippen molar-refractivity contribution in [2.45, 2.75) is 19.5 Å². The minimum atomic E-state index is -0.679. The van der Waals surface area contributed by atoms with E-state index in [4.69, 9.17) is 9.47 Å². The van der Waals surface area contributed by atoms with Crippen LogP contribution in [0.25, 0.3) is 0 Å². The lowest BCUT2D eigenvalue weighted by atomic mass is 9.94. The zero-order chi connectivity index (χ0) is 24.5. The van der Waals surface area contributed by atoms with E-state index in [-0.39, 0.29) is 13.2 Å². The number of amides is 2. The van der Waals surface area contributed by atoms with Gasteiger partial charge in [-0.25, -0.2) is 9.59 Å². The molecule has 176 valence electrons. The van der Waals surface area contributed by atoms with Crippen molar-refractivity contribution in [1.29, 1.82) is 5.26 Å². The van der Waals surface area contributed by atoms with E-state index in [9.17, 15) is 14.9 Å². The van der Waals surface area contributed by atoms with Crippen LogP contribution in [0.3, 0.4) is 0 Å². The van der Waals surface area contributed by atoms with Crippen LogP contribution < -0.4 is 15.4 Å². The number of ether oxygens (including phenoxy) is 2. The lowest BCUT2D eigenvalue weighted by Crippen LogP contribution is -2.48. The van der Waals surface area contributed by atoms with Crippen LogP contribution in [0.4, 0.5) is 4.79 Å². The van der Waals surface area contributed by atoms with Gasteiger partial charge in [0.25, 0.3) is 0 Å². The first-order valence-corrected chi connectivity index (χ1v) is 10.9. The Morgan fingerprint density at radius 1 is 1.24 bits per heavy atom. The Balaban J connectivity index is 1.98. The van der Waals surface area contributed by atoms with Crippen LogP contribution >= 0.6 is 0 Å². The summed E-state index contributed by atoms with van der Waals surface area (Å²) in [7, 11) is 1.57. The molecule has 3 rings (SSSR count). The highest BCUT2D eigenvalue weighted by Crippen LogP contribution is 2.29. The van der Waals surface area contributed by atoms with Gasteiger partial charge in [-0.15, -0.1) is 6.58 Å². The number of benzene rings is 2. The Labute approximate surface area is 199 Å². The second-order valence-corrected chi connectivity index (χ2v) is 7.69. The van der Waals surface area contributed by atoms with Crippen molar-refractivity contribution in [3.63, 3.8) is 0 Å². The van der Waals surface area contributed by atoms with E-state index < -0.39 is 18.0 Å². The number of nitrogens with zero attached hydrogens (tertiary/aromatic N) is 2. The van der Waals surface area contributed by atoms with E-state index in [1.807, 2.05) is 23.1 Å². The molecule has 1 atom stereocenters. The van der Waals surface area contributed by atoms with Gasteiger partial charge in [0.05, 0.1) is 37.0 Å². The number of methoxy groups -OCH3 is 1. The number of hydrogen-bond donors (Lipinski definition) is 2. The summed E-state index contributed by atoms with van der Waals surface area (Å²) in [4.78, 5) is 27.6. The number of esters is 1. The predicted octanol–water partition coefficient (Wildman–Crippen LogP) is 3.43. The Bertz CT molecular complexity index is 1120. The molecule has 34 heavy (non-hydrogen) atoms. The fourth-order valence-corrected chi connectivity index (χ4v) is 3.83. The molecule has 1 aliphatic rings. The highest BCUT2D eigenvalue weighted by atomic mass is 16.5. The molecule has 2 aromatic carbocycles. The number of hydrogen-bond acceptors (Lipinski definition) is 6. The molecule has 2 N–H and O–H groups in total. The van der Waals surface area contributed by atoms with Crippen LogP contribution in [0, 0.1) is 11.3 Å². The third kappa shape index (κ3) is 6.03. The average molecular weight is 461 g/mol. The monoisotopic (exact) mass is 460 g/mol. The first-order valence-electron chi connectivity index (χ1n) is 10.9. The summed E-state index contributed by atoms with van der Waals surface area (Å²) >= 11 is 0. The number of nitriles is 1. The van der Waals surface area contributed by atoms with E-state index in [0.717, 1.165) is 11.1 Å². The van der Waals surface area contributed by atoms with Gasteiger partial charge in [-0.1, -0.05) is 30.3 Å². The van der Waals surface area contributed by atoms with Crippen molar-refractivity contribution in [3.8, 4) is 11.8 Å². The van der Waals surface area contributed by atoms with Gasteiger partial charge in [-0.05, 0) is 42.3 Å². The summed E-state index contributed by atoms with van der Waals surface area (Å²) in [6.45, 7) is 7.05. The van der Waals surface area contributed by atoms with Crippen molar-refractivity contribution >= 4 is 12.0 Å². The fraction of sp³-hybridized carbons (Fsp3) is 0.269. The molecule has 2 amide bonds. The van der Waals surface area contributed by atoms with Crippen LogP contribution in [0.5, 0.6) is 5.75 Å². The molecule has 0 saturated carbocycles. The van der Waals surface area contributed by atoms with E-state index in [1.165, 1.54) is 0 Å². The summed E-state index contributed by atoms with van der Waals surface area (Å²) in [6.07, 6.45) is 1.75. The second kappa shape index (κ2) is 11.7. The van der Waals surface area contributed by atoms with Crippen LogP contribution in [0.1, 0.15) is 29.7 Å². The van der Waals surface area contributed by atoms with Gasteiger partial charge in [-0.3, -0.25) is 4.90 Å². The van der Waals surface area contributed by atoms with Crippen molar-refractivity contribution in [2.75, 3.05) is 26.8 Å². The zero-order valence-corrected chi connectivity index (χ0v) is 19.3. The van der Waals surface area contributed by atoms with E-state index in [0.29, 0.717) is 35.7 Å². The normalized spacial score (nSPS) is 15.2. The SMILES string of the molecule is C=CCN(CC1=C(C(=O)OCC)C(c2ccc(OC)cc2)NC(=O)N1)Cc1cccc(C#N)c1. The average Bonchev–Trinajstić information content (AvgIpc) is 2.84. The van der Waals surface area contributed by atoms with Crippen LogP contribution in [0.15, 0.2) is 72.5 Å². The first-order chi connectivity index (χ1) is 16.5. The number of rotatable bonds is 10. The zero-order valence-electron chi connectivity index (χ0n) is 19.3. The maximum absolute atomic E-state index is 13.0. The van der Waals surface area contributed by atoms with Gasteiger partial charge < -0.3 is 20.1 Å². The highest BCUT2D eigenvalue weighted by Gasteiger charge is 2.34. The molecule has 0 aromatic heterocycles. The predicted molar refractivity (Wildman–Crippen MR) is 128 cm³/mol. The Morgan fingerprint density at radius 3 is 2.65 bits per heavy atom. The van der Waals surface area contributed by atoms with Gasteiger partial charge in [0.15, 0.2) is 0 Å². The largest absolute Gasteiger partial charge is 0.497 e. The molecule has 1 heterocycles. The number of carbonyl (C=O) groups excluding carboxylic acids is 2. The van der Waals surface area contributed by atoms with Gasteiger partial charge in [0.2, 0.25) is 0 Å². The Kier molecular flexibility index (Phi) is 8.43. The first kappa shape index (κ1) is 24.6. The summed E-state index contributed by atoms with van der Waals surface area (Å²) < 4.78 is 10.6. The molecule has 0 bridgehead atoms. The van der Waals surface area contributed by atoms with Crippen molar-refractivity contribution < 1.29 is 19.1 Å².